The van der Waals surface area contributed by atoms with E-state index in [2.05, 4.69) is 11.7 Å². The summed E-state index contributed by atoms with van der Waals surface area (Å²) in [6, 6.07) is 9.91. The molecule has 1 aliphatic carbocycles. The van der Waals surface area contributed by atoms with Gasteiger partial charge < -0.3 is 4.74 Å². The predicted molar refractivity (Wildman–Crippen MR) is 102 cm³/mol. The molecule has 0 aromatic heterocycles. The minimum absolute atomic E-state index is 0.0190. The third-order valence-electron chi connectivity index (χ3n) is 5.52. The summed E-state index contributed by atoms with van der Waals surface area (Å²) in [6.45, 7) is 2.23. The molecule has 1 fully saturated rings. The molecule has 0 saturated heterocycles. The van der Waals surface area contributed by atoms with E-state index in [-0.39, 0.29) is 6.26 Å². The van der Waals surface area contributed by atoms with Crippen LogP contribution in [0.3, 0.4) is 0 Å². The van der Waals surface area contributed by atoms with Crippen LogP contribution >= 0.6 is 0 Å². The highest BCUT2D eigenvalue weighted by atomic mass is 19.3. The Labute approximate surface area is 163 Å². The van der Waals surface area contributed by atoms with E-state index in [9.17, 15) is 17.6 Å². The SMILES string of the molecule is CCC[C@H]1CC[C@H](c2ccc(-c3cc(F)c(OC=C(F)F)c(F)c3)cc2)CC1. The van der Waals surface area contributed by atoms with Gasteiger partial charge in [0.2, 0.25) is 0 Å². The normalized spacial score (nSPS) is 19.3. The van der Waals surface area contributed by atoms with Crippen molar-refractivity contribution < 1.29 is 22.3 Å². The lowest BCUT2D eigenvalue weighted by Gasteiger charge is -2.28. The summed E-state index contributed by atoms with van der Waals surface area (Å²) in [5.74, 6) is -1.50. The molecule has 1 saturated carbocycles. The van der Waals surface area contributed by atoms with Gasteiger partial charge in [0.25, 0.3) is 0 Å². The van der Waals surface area contributed by atoms with Gasteiger partial charge in [-0.2, -0.15) is 8.78 Å². The van der Waals surface area contributed by atoms with Crippen molar-refractivity contribution in [2.24, 2.45) is 5.92 Å². The van der Waals surface area contributed by atoms with Crippen molar-refractivity contribution in [3.8, 4) is 16.9 Å². The summed E-state index contributed by atoms with van der Waals surface area (Å²) in [7, 11) is 0. The van der Waals surface area contributed by atoms with Crippen molar-refractivity contribution in [1.82, 2.24) is 0 Å². The molecule has 0 heterocycles. The van der Waals surface area contributed by atoms with E-state index >= 15 is 0 Å². The van der Waals surface area contributed by atoms with Crippen molar-refractivity contribution in [2.75, 3.05) is 0 Å². The standard InChI is InChI=1S/C23H24F4O/c1-2-3-15-4-6-16(7-5-15)17-8-10-18(11-9-17)19-12-20(24)23(21(25)13-19)28-14-22(26)27/h8-16H,2-7H2,1H3/t15-,16-. The average molecular weight is 392 g/mol. The lowest BCUT2D eigenvalue weighted by molar-refractivity contribution is 0.308. The smallest absolute Gasteiger partial charge is 0.305 e. The third-order valence-corrected chi connectivity index (χ3v) is 5.52. The van der Waals surface area contributed by atoms with Gasteiger partial charge in [0, 0.05) is 0 Å². The van der Waals surface area contributed by atoms with Crippen LogP contribution in [-0.2, 0) is 0 Å². The molecule has 0 atom stereocenters. The largest absolute Gasteiger partial charge is 0.453 e. The van der Waals surface area contributed by atoms with E-state index in [4.69, 9.17) is 0 Å². The molecular formula is C23H24F4O. The molecule has 0 N–H and O–H groups in total. The number of halogens is 4. The second-order valence-corrected chi connectivity index (χ2v) is 7.42. The highest BCUT2D eigenvalue weighted by Crippen LogP contribution is 2.38. The quantitative estimate of drug-likeness (QED) is 0.360. The van der Waals surface area contributed by atoms with Crippen LogP contribution in [0.1, 0.15) is 56.9 Å². The Bertz CT molecular complexity index is 794. The number of hydrogen-bond donors (Lipinski definition) is 0. The maximum atomic E-state index is 14.1. The molecule has 1 aliphatic rings. The van der Waals surface area contributed by atoms with Crippen LogP contribution in [0.25, 0.3) is 11.1 Å². The lowest BCUT2D eigenvalue weighted by atomic mass is 9.77. The van der Waals surface area contributed by atoms with Crippen molar-refractivity contribution in [3.63, 3.8) is 0 Å². The van der Waals surface area contributed by atoms with Crippen LogP contribution in [0, 0.1) is 17.6 Å². The summed E-state index contributed by atoms with van der Waals surface area (Å²) in [5.41, 5.74) is 2.26. The predicted octanol–water partition coefficient (Wildman–Crippen LogP) is 7.82. The number of rotatable bonds is 6. The molecule has 28 heavy (non-hydrogen) atoms. The molecule has 1 nitrogen and oxygen atoms in total. The van der Waals surface area contributed by atoms with Crippen molar-refractivity contribution in [1.29, 1.82) is 0 Å². The summed E-state index contributed by atoms with van der Waals surface area (Å²) in [5, 5.41) is 0. The van der Waals surface area contributed by atoms with Gasteiger partial charge in [-0.25, -0.2) is 8.78 Å². The molecular weight excluding hydrogens is 368 g/mol. The summed E-state index contributed by atoms with van der Waals surface area (Å²) in [6.07, 6.45) is 5.26. The molecule has 3 rings (SSSR count). The van der Waals surface area contributed by atoms with Crippen molar-refractivity contribution in [3.05, 3.63) is 65.9 Å². The molecule has 2 aromatic rings. The molecule has 0 aliphatic heterocycles. The average Bonchev–Trinajstić information content (AvgIpc) is 2.68. The molecule has 2 aromatic carbocycles. The van der Waals surface area contributed by atoms with E-state index in [1.165, 1.54) is 44.1 Å². The fourth-order valence-corrected chi connectivity index (χ4v) is 4.08. The molecule has 5 heteroatoms. The van der Waals surface area contributed by atoms with E-state index in [1.807, 2.05) is 24.3 Å². The highest BCUT2D eigenvalue weighted by Gasteiger charge is 2.22. The first-order valence-electron chi connectivity index (χ1n) is 9.75. The molecule has 150 valence electrons. The van der Waals surface area contributed by atoms with Crippen LogP contribution in [0.15, 0.2) is 48.7 Å². The molecule has 0 unspecified atom stereocenters. The first kappa shape index (κ1) is 20.4. The first-order chi connectivity index (χ1) is 13.5. The van der Waals surface area contributed by atoms with Gasteiger partial charge in [-0.1, -0.05) is 44.0 Å². The summed E-state index contributed by atoms with van der Waals surface area (Å²) in [4.78, 5) is 0. The van der Waals surface area contributed by atoms with Gasteiger partial charge in [-0.3, -0.25) is 0 Å². The van der Waals surface area contributed by atoms with Crippen molar-refractivity contribution in [2.45, 2.75) is 51.4 Å². The minimum atomic E-state index is -2.16. The maximum absolute atomic E-state index is 14.1. The van der Waals surface area contributed by atoms with Crippen LogP contribution in [0.2, 0.25) is 0 Å². The second kappa shape index (κ2) is 9.26. The Morgan fingerprint density at radius 2 is 1.57 bits per heavy atom. The van der Waals surface area contributed by atoms with Crippen LogP contribution in [0.4, 0.5) is 17.6 Å². The first-order valence-corrected chi connectivity index (χ1v) is 9.75. The number of benzene rings is 2. The van der Waals surface area contributed by atoms with Gasteiger partial charge >= 0.3 is 6.08 Å². The fourth-order valence-electron chi connectivity index (χ4n) is 4.08. The third kappa shape index (κ3) is 4.94. The Balaban J connectivity index is 1.72. The monoisotopic (exact) mass is 392 g/mol. The van der Waals surface area contributed by atoms with Crippen LogP contribution < -0.4 is 4.74 Å². The zero-order valence-corrected chi connectivity index (χ0v) is 15.9. The molecule has 0 spiro atoms. The Hall–Kier alpha value is -2.30. The van der Waals surface area contributed by atoms with Crippen molar-refractivity contribution >= 4 is 0 Å². The minimum Gasteiger partial charge on any atom is -0.453 e. The molecule has 0 radical (unpaired) electrons. The maximum Gasteiger partial charge on any atom is 0.305 e. The Morgan fingerprint density at radius 1 is 0.964 bits per heavy atom. The van der Waals surface area contributed by atoms with Gasteiger partial charge in [0.15, 0.2) is 23.6 Å². The van der Waals surface area contributed by atoms with Crippen LogP contribution in [0.5, 0.6) is 5.75 Å². The zero-order chi connectivity index (χ0) is 20.1. The Morgan fingerprint density at radius 3 is 2.11 bits per heavy atom. The Kier molecular flexibility index (Phi) is 6.76. The number of hydrogen-bond acceptors (Lipinski definition) is 1. The van der Waals surface area contributed by atoms with E-state index in [0.717, 1.165) is 18.1 Å². The van der Waals surface area contributed by atoms with Gasteiger partial charge in [0.05, 0.1) is 0 Å². The van der Waals surface area contributed by atoms with Gasteiger partial charge in [-0.15, -0.1) is 0 Å². The van der Waals surface area contributed by atoms with E-state index in [0.29, 0.717) is 17.0 Å². The van der Waals surface area contributed by atoms with Gasteiger partial charge in [0.1, 0.15) is 0 Å². The van der Waals surface area contributed by atoms with E-state index in [1.54, 1.807) is 0 Å². The van der Waals surface area contributed by atoms with Crippen LogP contribution in [-0.4, -0.2) is 0 Å². The second-order valence-electron chi connectivity index (χ2n) is 7.42. The molecule has 0 amide bonds. The van der Waals surface area contributed by atoms with E-state index < -0.39 is 23.5 Å². The topological polar surface area (TPSA) is 9.23 Å². The fraction of sp³-hybridized carbons (Fsp3) is 0.391. The lowest BCUT2D eigenvalue weighted by Crippen LogP contribution is -2.13. The number of ether oxygens (including phenoxy) is 1. The molecule has 0 bridgehead atoms. The highest BCUT2D eigenvalue weighted by molar-refractivity contribution is 5.65. The van der Waals surface area contributed by atoms with Gasteiger partial charge in [-0.05, 0) is 66.3 Å². The summed E-state index contributed by atoms with van der Waals surface area (Å²) >= 11 is 0. The zero-order valence-electron chi connectivity index (χ0n) is 15.9. The summed E-state index contributed by atoms with van der Waals surface area (Å²) < 4.78 is 56.7.